The highest BCUT2D eigenvalue weighted by molar-refractivity contribution is 7.14. The Morgan fingerprint density at radius 2 is 1.97 bits per heavy atom. The van der Waals surface area contributed by atoms with Gasteiger partial charge in [0.2, 0.25) is 5.91 Å². The van der Waals surface area contributed by atoms with Gasteiger partial charge in [0.05, 0.1) is 5.69 Å². The minimum absolute atomic E-state index is 0.0202. The van der Waals surface area contributed by atoms with E-state index in [1.807, 2.05) is 67.4 Å². The molecule has 4 rings (SSSR count). The van der Waals surface area contributed by atoms with Crippen LogP contribution >= 0.6 is 11.3 Å². The van der Waals surface area contributed by atoms with Crippen LogP contribution in [0, 0.1) is 12.8 Å². The number of fused-ring (bicyclic) bond motifs is 1. The lowest BCUT2D eigenvalue weighted by atomic mass is 9.97. The monoisotopic (exact) mass is 433 g/mol. The van der Waals surface area contributed by atoms with Gasteiger partial charge in [0.1, 0.15) is 0 Å². The molecule has 31 heavy (non-hydrogen) atoms. The minimum Gasteiger partial charge on any atom is -0.312 e. The first-order valence-corrected chi connectivity index (χ1v) is 11.5. The largest absolute Gasteiger partial charge is 0.312 e. The molecule has 0 bridgehead atoms. The smallest absolute Gasteiger partial charge is 0.259 e. The van der Waals surface area contributed by atoms with Crippen molar-refractivity contribution in [3.8, 4) is 11.3 Å². The Labute approximate surface area is 187 Å². The minimum atomic E-state index is -0.0714. The van der Waals surface area contributed by atoms with Gasteiger partial charge in [-0.25, -0.2) is 4.98 Å². The first-order valence-electron chi connectivity index (χ1n) is 10.6. The third kappa shape index (κ3) is 4.26. The summed E-state index contributed by atoms with van der Waals surface area (Å²) in [5.41, 5.74) is 5.75. The van der Waals surface area contributed by atoms with Crippen molar-refractivity contribution in [2.45, 2.75) is 33.6 Å². The third-order valence-corrected chi connectivity index (χ3v) is 6.52. The van der Waals surface area contributed by atoms with Gasteiger partial charge in [-0.2, -0.15) is 0 Å². The summed E-state index contributed by atoms with van der Waals surface area (Å²) in [7, 11) is 1.76. The number of hydrogen-bond donors (Lipinski definition) is 0. The van der Waals surface area contributed by atoms with E-state index < -0.39 is 0 Å². The highest BCUT2D eigenvalue weighted by Crippen LogP contribution is 2.34. The zero-order chi connectivity index (χ0) is 22.1. The summed E-state index contributed by atoms with van der Waals surface area (Å²) >= 11 is 1.46. The van der Waals surface area contributed by atoms with Gasteiger partial charge >= 0.3 is 0 Å². The molecule has 0 unspecified atom stereocenters. The molecule has 0 N–H and O–H groups in total. The van der Waals surface area contributed by atoms with Crippen LogP contribution in [0.25, 0.3) is 11.3 Å². The predicted octanol–water partition coefficient (Wildman–Crippen LogP) is 5.33. The molecule has 6 heteroatoms. The molecular formula is C25H27N3O2S. The van der Waals surface area contributed by atoms with Crippen LogP contribution in [0.3, 0.4) is 0 Å². The molecule has 2 amide bonds. The second-order valence-electron chi connectivity index (χ2n) is 8.34. The van der Waals surface area contributed by atoms with E-state index in [0.29, 0.717) is 10.7 Å². The lowest BCUT2D eigenvalue weighted by molar-refractivity contribution is -0.121. The van der Waals surface area contributed by atoms with E-state index in [4.69, 9.17) is 4.98 Å². The average Bonchev–Trinajstić information content (AvgIpc) is 3.27. The number of carbonyl (C=O) groups excluding carboxylic acids is 2. The van der Waals surface area contributed by atoms with E-state index in [-0.39, 0.29) is 17.7 Å². The summed E-state index contributed by atoms with van der Waals surface area (Å²) in [6.07, 6.45) is 1.92. The summed E-state index contributed by atoms with van der Waals surface area (Å²) < 4.78 is 0. The molecule has 0 fully saturated rings. The van der Waals surface area contributed by atoms with E-state index in [1.165, 1.54) is 16.9 Å². The van der Waals surface area contributed by atoms with Gasteiger partial charge in [-0.3, -0.25) is 14.5 Å². The van der Waals surface area contributed by atoms with E-state index >= 15 is 0 Å². The van der Waals surface area contributed by atoms with Crippen LogP contribution in [-0.2, 0) is 11.2 Å². The topological polar surface area (TPSA) is 53.5 Å². The molecule has 0 saturated heterocycles. The van der Waals surface area contributed by atoms with Gasteiger partial charge in [-0.1, -0.05) is 37.6 Å². The fourth-order valence-corrected chi connectivity index (χ4v) is 4.70. The fourth-order valence-electron chi connectivity index (χ4n) is 3.91. The van der Waals surface area contributed by atoms with Crippen LogP contribution in [0.2, 0.25) is 0 Å². The van der Waals surface area contributed by atoms with Crippen molar-refractivity contribution in [3.63, 3.8) is 0 Å². The van der Waals surface area contributed by atoms with Crippen molar-refractivity contribution in [2.75, 3.05) is 23.4 Å². The Morgan fingerprint density at radius 3 is 2.71 bits per heavy atom. The summed E-state index contributed by atoms with van der Waals surface area (Å²) in [4.78, 5) is 33.7. The van der Waals surface area contributed by atoms with Crippen molar-refractivity contribution in [1.82, 2.24) is 4.98 Å². The molecule has 0 atom stereocenters. The molecule has 1 aromatic heterocycles. The molecule has 1 aliphatic heterocycles. The Bertz CT molecular complexity index is 1140. The van der Waals surface area contributed by atoms with Gasteiger partial charge in [0, 0.05) is 41.7 Å². The molecule has 3 aromatic rings. The molecule has 2 heterocycles. The maximum atomic E-state index is 12.8. The van der Waals surface area contributed by atoms with Crippen LogP contribution in [0.15, 0.2) is 47.8 Å². The Kier molecular flexibility index (Phi) is 5.92. The quantitative estimate of drug-likeness (QED) is 0.559. The van der Waals surface area contributed by atoms with Crippen molar-refractivity contribution in [3.05, 3.63) is 64.5 Å². The maximum absolute atomic E-state index is 12.8. The predicted molar refractivity (Wildman–Crippen MR) is 127 cm³/mol. The molecule has 0 aliphatic carbocycles. The van der Waals surface area contributed by atoms with Crippen molar-refractivity contribution in [1.29, 1.82) is 0 Å². The standard InChI is InChI=1S/C25H27N3O2S/c1-16(2)23(29)28-12-6-9-19-14-18(10-11-22(19)28)21-15-31-25(26-21)27(4)24(30)20-8-5-7-17(3)13-20/h5,7-8,10-11,13-16H,6,9,12H2,1-4H3. The molecule has 0 saturated carbocycles. The molecular weight excluding hydrogens is 406 g/mol. The molecule has 2 aromatic carbocycles. The first kappa shape index (κ1) is 21.2. The number of nitrogens with zero attached hydrogens (tertiary/aromatic N) is 3. The van der Waals surface area contributed by atoms with Crippen LogP contribution < -0.4 is 9.80 Å². The molecule has 160 valence electrons. The van der Waals surface area contributed by atoms with Crippen molar-refractivity contribution < 1.29 is 9.59 Å². The second-order valence-corrected chi connectivity index (χ2v) is 9.18. The van der Waals surface area contributed by atoms with E-state index in [1.54, 1.807) is 11.9 Å². The van der Waals surface area contributed by atoms with Gasteiger partial charge in [-0.15, -0.1) is 11.3 Å². The van der Waals surface area contributed by atoms with Gasteiger partial charge in [0.15, 0.2) is 5.13 Å². The SMILES string of the molecule is Cc1cccc(C(=O)N(C)c2nc(-c3ccc4c(c3)CCCN4C(=O)C(C)C)cs2)c1. The third-order valence-electron chi connectivity index (χ3n) is 5.60. The van der Waals surface area contributed by atoms with Crippen LogP contribution in [0.5, 0.6) is 0 Å². The lowest BCUT2D eigenvalue weighted by Crippen LogP contribution is -2.38. The van der Waals surface area contributed by atoms with Gasteiger partial charge in [-0.05, 0) is 49.6 Å². The van der Waals surface area contributed by atoms with Crippen molar-refractivity contribution in [2.24, 2.45) is 5.92 Å². The highest BCUT2D eigenvalue weighted by atomic mass is 32.1. The number of rotatable bonds is 4. The van der Waals surface area contributed by atoms with Crippen molar-refractivity contribution >= 4 is 34.0 Å². The van der Waals surface area contributed by atoms with E-state index in [9.17, 15) is 9.59 Å². The molecule has 0 spiro atoms. The van der Waals surface area contributed by atoms with E-state index in [2.05, 4.69) is 6.07 Å². The van der Waals surface area contributed by atoms with Crippen LogP contribution in [0.4, 0.5) is 10.8 Å². The Hall–Kier alpha value is -2.99. The molecule has 1 aliphatic rings. The maximum Gasteiger partial charge on any atom is 0.259 e. The van der Waals surface area contributed by atoms with Gasteiger partial charge in [0.25, 0.3) is 5.91 Å². The zero-order valence-electron chi connectivity index (χ0n) is 18.4. The van der Waals surface area contributed by atoms with Gasteiger partial charge < -0.3 is 4.90 Å². The second kappa shape index (κ2) is 8.63. The number of amides is 2. The van der Waals surface area contributed by atoms with E-state index in [0.717, 1.165) is 41.9 Å². The summed E-state index contributed by atoms with van der Waals surface area (Å²) in [6, 6.07) is 13.8. The Balaban J connectivity index is 1.58. The number of hydrogen-bond acceptors (Lipinski definition) is 4. The number of carbonyl (C=O) groups is 2. The zero-order valence-corrected chi connectivity index (χ0v) is 19.2. The number of thiazole rings is 1. The first-order chi connectivity index (χ1) is 14.8. The summed E-state index contributed by atoms with van der Waals surface area (Å²) in [6.45, 7) is 6.63. The fraction of sp³-hybridized carbons (Fsp3) is 0.320. The lowest BCUT2D eigenvalue weighted by Gasteiger charge is -2.31. The highest BCUT2D eigenvalue weighted by Gasteiger charge is 2.25. The molecule has 0 radical (unpaired) electrons. The number of benzene rings is 2. The normalized spacial score (nSPS) is 13.3. The Morgan fingerprint density at radius 1 is 1.16 bits per heavy atom. The molecule has 5 nitrogen and oxygen atoms in total. The number of aromatic nitrogens is 1. The van der Waals surface area contributed by atoms with Crippen LogP contribution in [-0.4, -0.2) is 30.4 Å². The summed E-state index contributed by atoms with van der Waals surface area (Å²) in [5, 5.41) is 2.65. The number of aryl methyl sites for hydroxylation is 2. The average molecular weight is 434 g/mol. The van der Waals surface area contributed by atoms with Crippen LogP contribution in [0.1, 0.15) is 41.8 Å². The summed E-state index contributed by atoms with van der Waals surface area (Å²) in [5.74, 6) is 0.0759. The number of anilines is 2.